The van der Waals surface area contributed by atoms with E-state index in [2.05, 4.69) is 11.6 Å². The Bertz CT molecular complexity index is 470. The average Bonchev–Trinajstić information content (AvgIpc) is 2.53. The van der Waals surface area contributed by atoms with Crippen LogP contribution in [-0.2, 0) is 10.2 Å². The highest BCUT2D eigenvalue weighted by Gasteiger charge is 2.50. The van der Waals surface area contributed by atoms with E-state index in [0.29, 0.717) is 5.75 Å². The first-order valence-corrected chi connectivity index (χ1v) is 5.47. The zero-order valence-electron chi connectivity index (χ0n) is 10.3. The molecule has 2 atom stereocenters. The van der Waals surface area contributed by atoms with Crippen LogP contribution < -0.4 is 4.74 Å². The minimum absolute atomic E-state index is 0.112. The van der Waals surface area contributed by atoms with Crippen LogP contribution in [0.1, 0.15) is 12.5 Å². The van der Waals surface area contributed by atoms with Crippen LogP contribution in [0.2, 0.25) is 0 Å². The predicted molar refractivity (Wildman–Crippen MR) is 64.9 cm³/mol. The van der Waals surface area contributed by atoms with Gasteiger partial charge in [-0.2, -0.15) is 0 Å². The number of hydrogen-bond acceptors (Lipinski definition) is 4. The first kappa shape index (κ1) is 11.8. The third-order valence-corrected chi connectivity index (χ3v) is 3.34. The van der Waals surface area contributed by atoms with Crippen molar-refractivity contribution in [1.29, 1.82) is 0 Å². The summed E-state index contributed by atoms with van der Waals surface area (Å²) in [5.41, 5.74) is 0.153. The van der Waals surface area contributed by atoms with E-state index >= 15 is 0 Å². The van der Waals surface area contributed by atoms with Gasteiger partial charge in [-0.25, -0.2) is 0 Å². The van der Waals surface area contributed by atoms with Gasteiger partial charge in [0.2, 0.25) is 0 Å². The maximum Gasteiger partial charge on any atom is 0.323 e. The second-order valence-electron chi connectivity index (χ2n) is 4.61. The number of ether oxygens (including phenoxy) is 1. The maximum absolute atomic E-state index is 12.1. The molecule has 90 valence electrons. The summed E-state index contributed by atoms with van der Waals surface area (Å²) in [6.45, 7) is 5.70. The van der Waals surface area contributed by atoms with E-state index in [4.69, 9.17) is 4.74 Å². The van der Waals surface area contributed by atoms with E-state index < -0.39 is 5.41 Å². The highest BCUT2D eigenvalue weighted by Crippen LogP contribution is 2.42. The van der Waals surface area contributed by atoms with Gasteiger partial charge in [0.15, 0.2) is 5.75 Å². The van der Waals surface area contributed by atoms with E-state index in [1.54, 1.807) is 18.5 Å². The fraction of sp³-hybridized carbons (Fsp3) is 0.385. The van der Waals surface area contributed by atoms with Gasteiger partial charge in [-0.05, 0) is 27.1 Å². The highest BCUT2D eigenvalue weighted by atomic mass is 16.5. The summed E-state index contributed by atoms with van der Waals surface area (Å²) in [6, 6.07) is 1.72. The summed E-state index contributed by atoms with van der Waals surface area (Å²) < 4.78 is 5.28. The lowest BCUT2D eigenvalue weighted by Crippen LogP contribution is -2.48. The van der Waals surface area contributed by atoms with E-state index in [1.807, 2.05) is 32.0 Å². The molecule has 2 rings (SSSR count). The summed E-state index contributed by atoms with van der Waals surface area (Å²) in [6.07, 6.45) is 5.03. The average molecular weight is 232 g/mol. The molecule has 17 heavy (non-hydrogen) atoms. The van der Waals surface area contributed by atoms with Crippen molar-refractivity contribution >= 4 is 5.97 Å². The van der Waals surface area contributed by atoms with Gasteiger partial charge in [-0.1, -0.05) is 6.08 Å². The molecule has 0 aliphatic carbocycles. The molecule has 0 spiro atoms. The summed E-state index contributed by atoms with van der Waals surface area (Å²) in [5, 5.41) is 0. The minimum Gasteiger partial charge on any atom is -0.424 e. The second kappa shape index (κ2) is 3.96. The van der Waals surface area contributed by atoms with Crippen molar-refractivity contribution in [3.63, 3.8) is 0 Å². The minimum atomic E-state index is -0.719. The van der Waals surface area contributed by atoms with Gasteiger partial charge in [0, 0.05) is 17.8 Å². The normalized spacial score (nSPS) is 24.4. The first-order valence-electron chi connectivity index (χ1n) is 5.47. The van der Waals surface area contributed by atoms with Crippen LogP contribution >= 0.6 is 0 Å². The zero-order chi connectivity index (χ0) is 12.6. The molecule has 4 heteroatoms. The molecule has 1 aliphatic heterocycles. The molecule has 0 fully saturated rings. The molecule has 0 bridgehead atoms. The first-order chi connectivity index (χ1) is 8.01. The molecule has 1 aromatic heterocycles. The number of nitrogens with zero attached hydrogens (tertiary/aromatic N) is 2. The molecule has 0 radical (unpaired) electrons. The molecule has 0 saturated heterocycles. The van der Waals surface area contributed by atoms with Crippen LogP contribution in [0.15, 0.2) is 31.1 Å². The molecule has 1 aliphatic rings. The maximum atomic E-state index is 12.1. The van der Waals surface area contributed by atoms with Crippen molar-refractivity contribution in [1.82, 2.24) is 9.88 Å². The molecule has 0 N–H and O–H groups in total. The summed E-state index contributed by atoms with van der Waals surface area (Å²) >= 11 is 0. The van der Waals surface area contributed by atoms with Crippen LogP contribution in [0.25, 0.3) is 0 Å². The monoisotopic (exact) mass is 232 g/mol. The third kappa shape index (κ3) is 1.56. The predicted octanol–water partition coefficient (Wildman–Crippen LogP) is 1.37. The highest BCUT2D eigenvalue weighted by molar-refractivity contribution is 5.91. The molecular weight excluding hydrogens is 216 g/mol. The van der Waals surface area contributed by atoms with E-state index in [-0.39, 0.29) is 12.0 Å². The zero-order valence-corrected chi connectivity index (χ0v) is 10.3. The van der Waals surface area contributed by atoms with Gasteiger partial charge >= 0.3 is 5.97 Å². The quantitative estimate of drug-likeness (QED) is 0.583. The molecule has 0 aromatic carbocycles. The van der Waals surface area contributed by atoms with Gasteiger partial charge < -0.3 is 9.64 Å². The SMILES string of the molecule is C=CC(N(C)C)C1(C)C(=O)Oc2cnccc21. The Hall–Kier alpha value is -1.68. The Balaban J connectivity index is 2.57. The molecule has 1 aromatic rings. The summed E-state index contributed by atoms with van der Waals surface area (Å²) in [7, 11) is 3.84. The van der Waals surface area contributed by atoms with Crippen molar-refractivity contribution in [2.75, 3.05) is 14.1 Å². The number of rotatable bonds is 3. The molecular formula is C13H16N2O2. The van der Waals surface area contributed by atoms with Gasteiger partial charge in [0.25, 0.3) is 0 Å². The molecule has 4 nitrogen and oxygen atoms in total. The number of aromatic nitrogens is 1. The number of likely N-dealkylation sites (N-methyl/N-ethyl adjacent to an activating group) is 1. The molecule has 2 heterocycles. The molecule has 0 saturated carbocycles. The fourth-order valence-corrected chi connectivity index (χ4v) is 2.45. The fourth-order valence-electron chi connectivity index (χ4n) is 2.45. The van der Waals surface area contributed by atoms with Crippen molar-refractivity contribution in [2.24, 2.45) is 0 Å². The van der Waals surface area contributed by atoms with Crippen LogP contribution in [0, 0.1) is 0 Å². The second-order valence-corrected chi connectivity index (χ2v) is 4.61. The van der Waals surface area contributed by atoms with Crippen molar-refractivity contribution in [3.8, 4) is 5.75 Å². The standard InChI is InChI=1S/C13H16N2O2/c1-5-11(15(3)4)13(2)9-6-7-14-8-10(9)17-12(13)16/h5-8,11H,1H2,2-4H3. The number of esters is 1. The summed E-state index contributed by atoms with van der Waals surface area (Å²) in [5.74, 6) is 0.299. The smallest absolute Gasteiger partial charge is 0.323 e. The Kier molecular flexibility index (Phi) is 2.75. The molecule has 2 unspecified atom stereocenters. The van der Waals surface area contributed by atoms with Crippen LogP contribution in [-0.4, -0.2) is 36.0 Å². The lowest BCUT2D eigenvalue weighted by molar-refractivity contribution is -0.139. The van der Waals surface area contributed by atoms with Gasteiger partial charge in [-0.3, -0.25) is 9.78 Å². The van der Waals surface area contributed by atoms with E-state index in [1.165, 1.54) is 0 Å². The Morgan fingerprint density at radius 3 is 2.88 bits per heavy atom. The van der Waals surface area contributed by atoms with Crippen LogP contribution in [0.5, 0.6) is 5.75 Å². The van der Waals surface area contributed by atoms with Gasteiger partial charge in [0.05, 0.1) is 6.20 Å². The number of fused-ring (bicyclic) bond motifs is 1. The topological polar surface area (TPSA) is 42.4 Å². The van der Waals surface area contributed by atoms with Crippen molar-refractivity contribution < 1.29 is 9.53 Å². The van der Waals surface area contributed by atoms with Crippen LogP contribution in [0.4, 0.5) is 0 Å². The molecule has 0 amide bonds. The number of carbonyl (C=O) groups excluding carboxylic acids is 1. The van der Waals surface area contributed by atoms with Crippen molar-refractivity contribution in [3.05, 3.63) is 36.7 Å². The van der Waals surface area contributed by atoms with Crippen molar-refractivity contribution in [2.45, 2.75) is 18.4 Å². The lowest BCUT2D eigenvalue weighted by Gasteiger charge is -2.33. The third-order valence-electron chi connectivity index (χ3n) is 3.34. The van der Waals surface area contributed by atoms with Crippen LogP contribution in [0.3, 0.4) is 0 Å². The number of carbonyl (C=O) groups is 1. The van der Waals surface area contributed by atoms with Gasteiger partial charge in [-0.15, -0.1) is 6.58 Å². The van der Waals surface area contributed by atoms with Gasteiger partial charge in [0.1, 0.15) is 5.41 Å². The lowest BCUT2D eigenvalue weighted by atomic mass is 9.77. The largest absolute Gasteiger partial charge is 0.424 e. The summed E-state index contributed by atoms with van der Waals surface area (Å²) in [4.78, 5) is 18.1. The Morgan fingerprint density at radius 1 is 1.59 bits per heavy atom. The number of hydrogen-bond donors (Lipinski definition) is 0. The Labute approximate surface area is 101 Å². The number of pyridine rings is 1. The Morgan fingerprint density at radius 2 is 2.29 bits per heavy atom. The van der Waals surface area contributed by atoms with E-state index in [0.717, 1.165) is 5.56 Å². The van der Waals surface area contributed by atoms with E-state index in [9.17, 15) is 4.79 Å².